The summed E-state index contributed by atoms with van der Waals surface area (Å²) in [6.45, 7) is 2.22. The minimum absolute atomic E-state index is 0.0512. The van der Waals surface area contributed by atoms with Crippen molar-refractivity contribution in [1.29, 1.82) is 0 Å². The van der Waals surface area contributed by atoms with Crippen molar-refractivity contribution in [3.05, 3.63) is 60.1 Å². The van der Waals surface area contributed by atoms with Crippen molar-refractivity contribution < 1.29 is 19.1 Å². The molecule has 4 rings (SSSR count). The number of allylic oxidation sites excluding steroid dienone is 1. The van der Waals surface area contributed by atoms with Crippen LogP contribution in [0.25, 0.3) is 10.6 Å². The summed E-state index contributed by atoms with van der Waals surface area (Å²) >= 11 is 1.28. The quantitative estimate of drug-likeness (QED) is 0.595. The molecule has 1 aliphatic rings. The number of aromatic nitrogens is 3. The van der Waals surface area contributed by atoms with Gasteiger partial charge in [-0.15, -0.1) is 15.7 Å². The SMILES string of the molecule is COc1cc(C(=O)Nc2nnc(-c3ccncc3)s2)ccc1OCC1C=C(C)ON1. The molecule has 0 saturated heterocycles. The third kappa shape index (κ3) is 4.56. The Morgan fingerprint density at radius 3 is 2.80 bits per heavy atom. The molecule has 0 fully saturated rings. The lowest BCUT2D eigenvalue weighted by Gasteiger charge is -2.14. The van der Waals surface area contributed by atoms with Gasteiger partial charge in [-0.2, -0.15) is 0 Å². The molecule has 3 heterocycles. The Labute approximate surface area is 176 Å². The number of anilines is 1. The number of ether oxygens (including phenoxy) is 2. The number of hydroxylamine groups is 1. The lowest BCUT2D eigenvalue weighted by Crippen LogP contribution is -2.27. The zero-order valence-electron chi connectivity index (χ0n) is 16.3. The molecule has 1 aromatic carbocycles. The highest BCUT2D eigenvalue weighted by Crippen LogP contribution is 2.30. The van der Waals surface area contributed by atoms with Crippen molar-refractivity contribution in [1.82, 2.24) is 20.7 Å². The summed E-state index contributed by atoms with van der Waals surface area (Å²) in [4.78, 5) is 21.8. The fourth-order valence-corrected chi connectivity index (χ4v) is 3.51. The number of amides is 1. The molecule has 9 nitrogen and oxygen atoms in total. The van der Waals surface area contributed by atoms with E-state index in [1.165, 1.54) is 18.4 Å². The molecule has 10 heteroatoms. The molecule has 1 aliphatic heterocycles. The number of nitrogens with zero attached hydrogens (tertiary/aromatic N) is 3. The smallest absolute Gasteiger partial charge is 0.257 e. The minimum atomic E-state index is -0.318. The second-order valence-corrected chi connectivity index (χ2v) is 7.36. The highest BCUT2D eigenvalue weighted by atomic mass is 32.1. The van der Waals surface area contributed by atoms with E-state index in [0.717, 1.165) is 11.3 Å². The molecule has 3 aromatic rings. The highest BCUT2D eigenvalue weighted by molar-refractivity contribution is 7.18. The first-order valence-electron chi connectivity index (χ1n) is 9.09. The summed E-state index contributed by atoms with van der Waals surface area (Å²) in [5.74, 6) is 1.47. The third-order valence-corrected chi connectivity index (χ3v) is 5.11. The van der Waals surface area contributed by atoms with E-state index in [2.05, 4.69) is 26.0 Å². The molecule has 30 heavy (non-hydrogen) atoms. The number of hydrogen-bond donors (Lipinski definition) is 2. The summed E-state index contributed by atoms with van der Waals surface area (Å²) in [6, 6.07) is 8.60. The molecular formula is C20H19N5O4S. The number of nitrogens with one attached hydrogen (secondary N) is 2. The number of benzene rings is 1. The summed E-state index contributed by atoms with van der Waals surface area (Å²) < 4.78 is 11.2. The van der Waals surface area contributed by atoms with E-state index in [0.29, 0.717) is 33.8 Å². The first kappa shape index (κ1) is 19.8. The number of methoxy groups -OCH3 is 1. The molecule has 0 radical (unpaired) electrons. The monoisotopic (exact) mass is 425 g/mol. The fraction of sp³-hybridized carbons (Fsp3) is 0.200. The Balaban J connectivity index is 1.42. The van der Waals surface area contributed by atoms with Gasteiger partial charge < -0.3 is 14.3 Å². The van der Waals surface area contributed by atoms with Crippen LogP contribution in [0.5, 0.6) is 11.5 Å². The summed E-state index contributed by atoms with van der Waals surface area (Å²) in [7, 11) is 1.52. The van der Waals surface area contributed by atoms with Gasteiger partial charge in [0.2, 0.25) is 5.13 Å². The molecule has 2 aromatic heterocycles. The zero-order valence-corrected chi connectivity index (χ0v) is 17.1. The molecule has 154 valence electrons. The molecule has 0 aliphatic carbocycles. The molecule has 0 bridgehead atoms. The maximum Gasteiger partial charge on any atom is 0.257 e. The number of pyridine rings is 1. The third-order valence-electron chi connectivity index (χ3n) is 4.22. The van der Waals surface area contributed by atoms with Crippen molar-refractivity contribution in [2.45, 2.75) is 13.0 Å². The van der Waals surface area contributed by atoms with E-state index in [1.807, 2.05) is 25.1 Å². The minimum Gasteiger partial charge on any atom is -0.493 e. The lowest BCUT2D eigenvalue weighted by molar-refractivity contribution is 0.100. The highest BCUT2D eigenvalue weighted by Gasteiger charge is 2.17. The van der Waals surface area contributed by atoms with Crippen LogP contribution in [0.4, 0.5) is 5.13 Å². The standard InChI is InChI=1S/C20H19N5O4S/c1-12-9-15(25-29-12)11-28-16-4-3-14(10-17(16)27-2)18(26)22-20-24-23-19(30-20)13-5-7-21-8-6-13/h3-10,15,25H,11H2,1-2H3,(H,22,24,26). The van der Waals surface area contributed by atoms with E-state index in [-0.39, 0.29) is 11.9 Å². The predicted molar refractivity (Wildman–Crippen MR) is 111 cm³/mol. The lowest BCUT2D eigenvalue weighted by atomic mass is 10.2. The Hall–Kier alpha value is -3.50. The Bertz CT molecular complexity index is 1070. The average molecular weight is 425 g/mol. The molecule has 1 atom stereocenters. The largest absolute Gasteiger partial charge is 0.493 e. The molecule has 1 amide bonds. The second-order valence-electron chi connectivity index (χ2n) is 6.38. The van der Waals surface area contributed by atoms with Gasteiger partial charge in [0.1, 0.15) is 17.4 Å². The van der Waals surface area contributed by atoms with Crippen LogP contribution < -0.4 is 20.3 Å². The van der Waals surface area contributed by atoms with Gasteiger partial charge >= 0.3 is 0 Å². The number of rotatable bonds is 7. The van der Waals surface area contributed by atoms with E-state index >= 15 is 0 Å². The molecule has 1 unspecified atom stereocenters. The molecular weight excluding hydrogens is 406 g/mol. The topological polar surface area (TPSA) is 107 Å². The van der Waals surface area contributed by atoms with E-state index in [4.69, 9.17) is 14.3 Å². The Morgan fingerprint density at radius 1 is 1.23 bits per heavy atom. The number of carbonyl (C=O) groups is 1. The van der Waals surface area contributed by atoms with Crippen LogP contribution in [0, 0.1) is 0 Å². The first-order chi connectivity index (χ1) is 14.6. The van der Waals surface area contributed by atoms with Gasteiger partial charge in [-0.3, -0.25) is 15.1 Å². The maximum atomic E-state index is 12.6. The zero-order chi connectivity index (χ0) is 20.9. The number of hydrogen-bond acceptors (Lipinski definition) is 9. The van der Waals surface area contributed by atoms with Crippen LogP contribution in [0.3, 0.4) is 0 Å². The molecule has 0 spiro atoms. The van der Waals surface area contributed by atoms with Crippen LogP contribution in [0.1, 0.15) is 17.3 Å². The molecule has 0 saturated carbocycles. The van der Waals surface area contributed by atoms with Crippen molar-refractivity contribution >= 4 is 22.4 Å². The second kappa shape index (κ2) is 8.89. The van der Waals surface area contributed by atoms with Gasteiger partial charge in [0, 0.05) is 23.5 Å². The summed E-state index contributed by atoms with van der Waals surface area (Å²) in [5, 5.41) is 12.0. The van der Waals surface area contributed by atoms with E-state index in [9.17, 15) is 4.79 Å². The van der Waals surface area contributed by atoms with Crippen molar-refractivity contribution in [3.63, 3.8) is 0 Å². The summed E-state index contributed by atoms with van der Waals surface area (Å²) in [6.07, 6.45) is 5.28. The van der Waals surface area contributed by atoms with E-state index < -0.39 is 0 Å². The van der Waals surface area contributed by atoms with Gasteiger partial charge in [0.15, 0.2) is 11.5 Å². The van der Waals surface area contributed by atoms with Crippen LogP contribution in [0.2, 0.25) is 0 Å². The van der Waals surface area contributed by atoms with Crippen LogP contribution >= 0.6 is 11.3 Å². The van der Waals surface area contributed by atoms with Crippen molar-refractivity contribution in [3.8, 4) is 22.1 Å². The van der Waals surface area contributed by atoms with Crippen LogP contribution in [0.15, 0.2) is 54.6 Å². The Kier molecular flexibility index (Phi) is 5.87. The first-order valence-corrected chi connectivity index (χ1v) is 9.91. The van der Waals surface area contributed by atoms with Crippen LogP contribution in [-0.2, 0) is 4.84 Å². The number of carbonyl (C=O) groups excluding carboxylic acids is 1. The van der Waals surface area contributed by atoms with Crippen LogP contribution in [-0.4, -0.2) is 40.8 Å². The van der Waals surface area contributed by atoms with Gasteiger partial charge in [0.05, 0.1) is 13.2 Å². The normalized spacial score (nSPS) is 15.3. The summed E-state index contributed by atoms with van der Waals surface area (Å²) in [5.41, 5.74) is 4.15. The van der Waals surface area contributed by atoms with Gasteiger partial charge in [0.25, 0.3) is 5.91 Å². The van der Waals surface area contributed by atoms with Gasteiger partial charge in [-0.05, 0) is 43.3 Å². The fourth-order valence-electron chi connectivity index (χ4n) is 2.76. The Morgan fingerprint density at radius 2 is 2.07 bits per heavy atom. The van der Waals surface area contributed by atoms with E-state index in [1.54, 1.807) is 30.6 Å². The van der Waals surface area contributed by atoms with Gasteiger partial charge in [-0.1, -0.05) is 11.3 Å². The predicted octanol–water partition coefficient (Wildman–Crippen LogP) is 3.05. The maximum absolute atomic E-state index is 12.6. The van der Waals surface area contributed by atoms with Crippen molar-refractivity contribution in [2.24, 2.45) is 0 Å². The van der Waals surface area contributed by atoms with Gasteiger partial charge in [-0.25, -0.2) is 0 Å². The molecule has 2 N–H and O–H groups in total. The van der Waals surface area contributed by atoms with Crippen molar-refractivity contribution in [2.75, 3.05) is 19.0 Å². The average Bonchev–Trinajstić information content (AvgIpc) is 3.41.